The summed E-state index contributed by atoms with van der Waals surface area (Å²) in [5, 5.41) is 7.70. The molecule has 7 heteroatoms. The van der Waals surface area contributed by atoms with Crippen molar-refractivity contribution in [2.45, 2.75) is 25.7 Å². The number of halogens is 1. The minimum absolute atomic E-state index is 0.0704. The number of likely N-dealkylation sites (tertiary alicyclic amines) is 1. The van der Waals surface area contributed by atoms with Crippen LogP contribution in [0, 0.1) is 5.41 Å². The standard InChI is InChI=1S/C21H26ClN3O3/c22-17-5-3-16(4-6-17)19-13-18(24-28-19)20(26)23-14-21(7-11-27-12-8-21)15-25-9-1-2-10-25/h3-6,13H,1-2,7-12,14-15H2,(H,23,26). The average Bonchev–Trinajstić information content (AvgIpc) is 3.40. The van der Waals surface area contributed by atoms with Gasteiger partial charge < -0.3 is 19.5 Å². The van der Waals surface area contributed by atoms with Crippen LogP contribution >= 0.6 is 11.6 Å². The molecule has 1 aromatic carbocycles. The van der Waals surface area contributed by atoms with Gasteiger partial charge in [0.15, 0.2) is 11.5 Å². The highest BCUT2D eigenvalue weighted by molar-refractivity contribution is 6.30. The fourth-order valence-corrected chi connectivity index (χ4v) is 4.23. The van der Waals surface area contributed by atoms with Gasteiger partial charge in [-0.1, -0.05) is 16.8 Å². The van der Waals surface area contributed by atoms with Crippen LogP contribution in [-0.2, 0) is 4.74 Å². The Morgan fingerprint density at radius 1 is 1.18 bits per heavy atom. The minimum atomic E-state index is -0.198. The normalized spacial score (nSPS) is 19.6. The van der Waals surface area contributed by atoms with Crippen LogP contribution in [0.25, 0.3) is 11.3 Å². The highest BCUT2D eigenvalue weighted by Gasteiger charge is 2.35. The van der Waals surface area contributed by atoms with E-state index in [1.54, 1.807) is 18.2 Å². The summed E-state index contributed by atoms with van der Waals surface area (Å²) in [7, 11) is 0. The van der Waals surface area contributed by atoms with Crippen LogP contribution in [0.3, 0.4) is 0 Å². The highest BCUT2D eigenvalue weighted by atomic mass is 35.5. The molecule has 0 spiro atoms. The van der Waals surface area contributed by atoms with Gasteiger partial charge in [0.2, 0.25) is 0 Å². The molecule has 4 rings (SSSR count). The van der Waals surface area contributed by atoms with Crippen molar-refractivity contribution in [1.82, 2.24) is 15.4 Å². The molecule has 6 nitrogen and oxygen atoms in total. The first-order chi connectivity index (χ1) is 13.6. The Bertz CT molecular complexity index is 793. The van der Waals surface area contributed by atoms with E-state index in [1.165, 1.54) is 12.8 Å². The van der Waals surface area contributed by atoms with Crippen molar-refractivity contribution in [3.05, 3.63) is 41.0 Å². The maximum absolute atomic E-state index is 12.7. The number of hydrogen-bond acceptors (Lipinski definition) is 5. The molecule has 1 amide bonds. The molecule has 2 saturated heterocycles. The number of nitrogens with zero attached hydrogens (tertiary/aromatic N) is 2. The molecule has 2 aliphatic rings. The van der Waals surface area contributed by atoms with Crippen molar-refractivity contribution in [1.29, 1.82) is 0 Å². The van der Waals surface area contributed by atoms with E-state index >= 15 is 0 Å². The van der Waals surface area contributed by atoms with E-state index in [1.807, 2.05) is 12.1 Å². The lowest BCUT2D eigenvalue weighted by Gasteiger charge is -2.40. The van der Waals surface area contributed by atoms with Crippen LogP contribution in [0.2, 0.25) is 5.02 Å². The van der Waals surface area contributed by atoms with Crippen LogP contribution < -0.4 is 5.32 Å². The number of rotatable bonds is 6. The lowest BCUT2D eigenvalue weighted by Crippen LogP contribution is -2.48. The number of carbonyl (C=O) groups is 1. The zero-order chi connectivity index (χ0) is 19.4. The van der Waals surface area contributed by atoms with Crippen molar-refractivity contribution in [3.8, 4) is 11.3 Å². The molecular weight excluding hydrogens is 378 g/mol. The van der Waals surface area contributed by atoms with Gasteiger partial charge in [-0.05, 0) is 63.0 Å². The number of nitrogens with one attached hydrogen (secondary N) is 1. The Morgan fingerprint density at radius 3 is 2.61 bits per heavy atom. The predicted molar refractivity (Wildman–Crippen MR) is 107 cm³/mol. The van der Waals surface area contributed by atoms with Gasteiger partial charge in [0.05, 0.1) is 0 Å². The summed E-state index contributed by atoms with van der Waals surface area (Å²) in [5.41, 5.74) is 1.21. The monoisotopic (exact) mass is 403 g/mol. The number of carbonyl (C=O) groups excluding carboxylic acids is 1. The molecule has 2 aliphatic heterocycles. The number of aromatic nitrogens is 1. The molecular formula is C21H26ClN3O3. The first-order valence-corrected chi connectivity index (χ1v) is 10.3. The Morgan fingerprint density at radius 2 is 1.89 bits per heavy atom. The smallest absolute Gasteiger partial charge is 0.273 e. The Labute approximate surface area is 170 Å². The van der Waals surface area contributed by atoms with Gasteiger partial charge in [-0.15, -0.1) is 0 Å². The minimum Gasteiger partial charge on any atom is -0.381 e. The van der Waals surface area contributed by atoms with E-state index in [2.05, 4.69) is 15.4 Å². The van der Waals surface area contributed by atoms with Gasteiger partial charge in [-0.25, -0.2) is 0 Å². The van der Waals surface area contributed by atoms with Crippen molar-refractivity contribution in [2.24, 2.45) is 5.41 Å². The van der Waals surface area contributed by atoms with Crippen LogP contribution in [-0.4, -0.2) is 55.4 Å². The van der Waals surface area contributed by atoms with Crippen molar-refractivity contribution in [3.63, 3.8) is 0 Å². The molecule has 150 valence electrons. The second kappa shape index (κ2) is 8.64. The number of hydrogen-bond donors (Lipinski definition) is 1. The summed E-state index contributed by atoms with van der Waals surface area (Å²) in [6.45, 7) is 5.48. The molecule has 0 atom stereocenters. The molecule has 0 unspecified atom stereocenters. The molecule has 0 radical (unpaired) electrons. The summed E-state index contributed by atoms with van der Waals surface area (Å²) in [6, 6.07) is 8.93. The van der Waals surface area contributed by atoms with Gasteiger partial charge >= 0.3 is 0 Å². The van der Waals surface area contributed by atoms with Gasteiger partial charge in [0, 0.05) is 48.4 Å². The van der Waals surface area contributed by atoms with E-state index in [0.717, 1.165) is 51.3 Å². The molecule has 2 aromatic rings. The maximum atomic E-state index is 12.7. The summed E-state index contributed by atoms with van der Waals surface area (Å²) < 4.78 is 10.9. The van der Waals surface area contributed by atoms with Crippen molar-refractivity contribution >= 4 is 17.5 Å². The third-order valence-corrected chi connectivity index (χ3v) is 6.06. The molecule has 28 heavy (non-hydrogen) atoms. The summed E-state index contributed by atoms with van der Waals surface area (Å²) in [6.07, 6.45) is 4.48. The lowest BCUT2D eigenvalue weighted by molar-refractivity contribution is -0.000670. The predicted octanol–water partition coefficient (Wildman–Crippen LogP) is 3.62. The third-order valence-electron chi connectivity index (χ3n) is 5.81. The summed E-state index contributed by atoms with van der Waals surface area (Å²) in [4.78, 5) is 15.2. The zero-order valence-corrected chi connectivity index (χ0v) is 16.7. The number of ether oxygens (including phenoxy) is 1. The Kier molecular flexibility index (Phi) is 5.99. The first kappa shape index (κ1) is 19.4. The van der Waals surface area contributed by atoms with Crippen LogP contribution in [0.15, 0.2) is 34.9 Å². The summed E-state index contributed by atoms with van der Waals surface area (Å²) in [5.74, 6) is 0.357. The van der Waals surface area contributed by atoms with Crippen LogP contribution in [0.4, 0.5) is 0 Å². The molecule has 0 bridgehead atoms. The largest absolute Gasteiger partial charge is 0.381 e. The maximum Gasteiger partial charge on any atom is 0.273 e. The Hall–Kier alpha value is -1.89. The van der Waals surface area contributed by atoms with Crippen molar-refractivity contribution < 1.29 is 14.1 Å². The first-order valence-electron chi connectivity index (χ1n) is 9.95. The molecule has 2 fully saturated rings. The highest BCUT2D eigenvalue weighted by Crippen LogP contribution is 2.32. The second-order valence-electron chi connectivity index (χ2n) is 7.86. The average molecular weight is 404 g/mol. The Balaban J connectivity index is 1.40. The van der Waals surface area contributed by atoms with E-state index < -0.39 is 0 Å². The third kappa shape index (κ3) is 4.57. The van der Waals surface area contributed by atoms with Gasteiger partial charge in [-0.3, -0.25) is 4.79 Å². The van der Waals surface area contributed by atoms with Gasteiger partial charge in [0.1, 0.15) is 0 Å². The number of benzene rings is 1. The fourth-order valence-electron chi connectivity index (χ4n) is 4.10. The lowest BCUT2D eigenvalue weighted by atomic mass is 9.79. The van der Waals surface area contributed by atoms with E-state index in [9.17, 15) is 4.79 Å². The fraction of sp³-hybridized carbons (Fsp3) is 0.524. The number of amides is 1. The quantitative estimate of drug-likeness (QED) is 0.797. The van der Waals surface area contributed by atoms with E-state index in [0.29, 0.717) is 23.0 Å². The van der Waals surface area contributed by atoms with Gasteiger partial charge in [-0.2, -0.15) is 0 Å². The van der Waals surface area contributed by atoms with E-state index in [-0.39, 0.29) is 11.3 Å². The summed E-state index contributed by atoms with van der Waals surface area (Å²) >= 11 is 5.92. The molecule has 1 N–H and O–H groups in total. The molecule has 1 aromatic heterocycles. The van der Waals surface area contributed by atoms with Crippen molar-refractivity contribution in [2.75, 3.05) is 39.4 Å². The SMILES string of the molecule is O=C(NCC1(CN2CCCC2)CCOCC1)c1cc(-c2ccc(Cl)cc2)on1. The van der Waals surface area contributed by atoms with Gasteiger partial charge in [0.25, 0.3) is 5.91 Å². The van der Waals surface area contributed by atoms with Crippen LogP contribution in [0.1, 0.15) is 36.2 Å². The molecule has 0 saturated carbocycles. The molecule has 0 aliphatic carbocycles. The zero-order valence-electron chi connectivity index (χ0n) is 16.0. The molecule has 3 heterocycles. The van der Waals surface area contributed by atoms with E-state index in [4.69, 9.17) is 20.9 Å². The van der Waals surface area contributed by atoms with Crippen LogP contribution in [0.5, 0.6) is 0 Å². The second-order valence-corrected chi connectivity index (χ2v) is 8.30. The topological polar surface area (TPSA) is 67.6 Å².